The predicted molar refractivity (Wildman–Crippen MR) is 197 cm³/mol. The van der Waals surface area contributed by atoms with Crippen LogP contribution in [0.3, 0.4) is 0 Å². The van der Waals surface area contributed by atoms with Crippen molar-refractivity contribution in [1.82, 2.24) is 19.9 Å². The van der Waals surface area contributed by atoms with E-state index in [2.05, 4.69) is 57.1 Å². The number of likely N-dealkylation sites (N-methyl/N-ethyl adjacent to an activating group) is 1. The Kier molecular flexibility index (Phi) is 8.12. The van der Waals surface area contributed by atoms with Crippen LogP contribution in [0.5, 0.6) is 0 Å². The number of rotatable bonds is 5. The van der Waals surface area contributed by atoms with Gasteiger partial charge in [0.1, 0.15) is 11.7 Å². The number of Topliss-reactive ketones (excluding diaryl/α,β-unsaturated/α-hetero) is 1. The predicted octanol–water partition coefficient (Wildman–Crippen LogP) is 8.04. The highest BCUT2D eigenvalue weighted by Gasteiger charge is 2.72. The molecule has 0 bridgehead atoms. The molecule has 8 nitrogen and oxygen atoms in total. The Hall–Kier alpha value is -3.44. The number of imidazole rings is 1. The Bertz CT molecular complexity index is 1880. The zero-order valence-corrected chi connectivity index (χ0v) is 32.3. The molecule has 8 atom stereocenters. The number of carbonyl (C=O) groups excluding carboxylic acids is 3. The largest absolute Gasteiger partial charge is 0.319 e. The van der Waals surface area contributed by atoms with Gasteiger partial charge in [0.25, 0.3) is 0 Å². The lowest BCUT2D eigenvalue weighted by Crippen LogP contribution is -2.67. The molecule has 5 aliphatic carbocycles. The number of aromatic nitrogens is 3. The highest BCUT2D eigenvalue weighted by Crippen LogP contribution is 2.76. The van der Waals surface area contributed by atoms with Crippen LogP contribution >= 0.6 is 0 Å². The Morgan fingerprint density at radius 3 is 2.45 bits per heavy atom. The number of pyridine rings is 1. The Labute approximate surface area is 304 Å². The van der Waals surface area contributed by atoms with E-state index in [1.54, 1.807) is 17.1 Å². The third kappa shape index (κ3) is 4.96. The summed E-state index contributed by atoms with van der Waals surface area (Å²) in [5.41, 5.74) is 0.322. The minimum absolute atomic E-state index is 0.00340. The first-order chi connectivity index (χ1) is 23.8. The van der Waals surface area contributed by atoms with Crippen molar-refractivity contribution in [2.45, 2.75) is 113 Å². The number of allylic oxidation sites excluding steroid dienone is 2. The quantitative estimate of drug-likeness (QED) is 0.337. The van der Waals surface area contributed by atoms with E-state index < -0.39 is 21.7 Å². The van der Waals surface area contributed by atoms with Crippen molar-refractivity contribution in [3.05, 3.63) is 48.2 Å². The second kappa shape index (κ2) is 11.5. The van der Waals surface area contributed by atoms with Crippen molar-refractivity contribution < 1.29 is 14.4 Å². The molecule has 1 N–H and O–H groups in total. The molecule has 0 amide bonds. The van der Waals surface area contributed by atoms with E-state index in [-0.39, 0.29) is 51.5 Å². The third-order valence-corrected chi connectivity index (χ3v) is 15.6. The summed E-state index contributed by atoms with van der Waals surface area (Å²) in [5.74, 6) is -0.120. The van der Waals surface area contributed by atoms with Crippen LogP contribution in [0.4, 0.5) is 0 Å². The van der Waals surface area contributed by atoms with Crippen molar-refractivity contribution in [2.75, 3.05) is 13.6 Å². The van der Waals surface area contributed by atoms with Gasteiger partial charge in [-0.15, -0.1) is 0 Å². The van der Waals surface area contributed by atoms with E-state index in [1.807, 2.05) is 46.3 Å². The Morgan fingerprint density at radius 1 is 1.02 bits per heavy atom. The van der Waals surface area contributed by atoms with E-state index in [4.69, 9.17) is 4.98 Å². The molecule has 0 spiro atoms. The van der Waals surface area contributed by atoms with E-state index in [1.165, 1.54) is 0 Å². The van der Waals surface area contributed by atoms with Gasteiger partial charge >= 0.3 is 0 Å². The topological polar surface area (TPSA) is 118 Å². The number of fused-ring (bicyclic) bond motifs is 7. The average molecular weight is 692 g/mol. The molecule has 5 aliphatic rings. The van der Waals surface area contributed by atoms with Crippen molar-refractivity contribution >= 4 is 17.5 Å². The van der Waals surface area contributed by atoms with Gasteiger partial charge in [0, 0.05) is 35.5 Å². The lowest BCUT2D eigenvalue weighted by molar-refractivity contribution is -0.174. The number of nitrogens with one attached hydrogen (secondary N) is 1. The molecular formula is C43H57N5O3. The number of hydrogen-bond donors (Lipinski definition) is 1. The van der Waals surface area contributed by atoms with Gasteiger partial charge in [-0.25, -0.2) is 4.98 Å². The summed E-state index contributed by atoms with van der Waals surface area (Å²) in [5, 5.41) is 13.6. The second-order valence-corrected chi connectivity index (χ2v) is 19.4. The second-order valence-electron chi connectivity index (χ2n) is 19.4. The molecule has 0 aromatic carbocycles. The summed E-state index contributed by atoms with van der Waals surface area (Å²) >= 11 is 0. The summed E-state index contributed by atoms with van der Waals surface area (Å²) in [4.78, 5) is 53.0. The molecule has 0 radical (unpaired) electrons. The molecule has 272 valence electrons. The van der Waals surface area contributed by atoms with Gasteiger partial charge in [0.15, 0.2) is 11.6 Å². The molecule has 7 rings (SSSR count). The summed E-state index contributed by atoms with van der Waals surface area (Å²) in [6.45, 7) is 18.2. The highest BCUT2D eigenvalue weighted by atomic mass is 16.2. The van der Waals surface area contributed by atoms with Crippen LogP contribution in [0.25, 0.3) is 11.3 Å². The number of hydrogen-bond acceptors (Lipinski definition) is 7. The zero-order chi connectivity index (χ0) is 37.0. The van der Waals surface area contributed by atoms with Gasteiger partial charge in [0.2, 0.25) is 5.91 Å². The fourth-order valence-electron chi connectivity index (χ4n) is 12.9. The minimum Gasteiger partial charge on any atom is -0.319 e. The van der Waals surface area contributed by atoms with E-state index in [9.17, 15) is 10.1 Å². The van der Waals surface area contributed by atoms with Crippen LogP contribution in [0.1, 0.15) is 117 Å². The van der Waals surface area contributed by atoms with E-state index >= 15 is 9.59 Å². The maximum absolute atomic E-state index is 15.0. The van der Waals surface area contributed by atoms with Gasteiger partial charge in [-0.05, 0) is 130 Å². The van der Waals surface area contributed by atoms with Gasteiger partial charge in [-0.3, -0.25) is 23.9 Å². The molecule has 4 fully saturated rings. The van der Waals surface area contributed by atoms with Crippen molar-refractivity contribution in [3.8, 4) is 17.3 Å². The lowest BCUT2D eigenvalue weighted by Gasteiger charge is -2.70. The Morgan fingerprint density at radius 2 is 1.75 bits per heavy atom. The fourth-order valence-corrected chi connectivity index (χ4v) is 12.9. The van der Waals surface area contributed by atoms with Gasteiger partial charge in [0.05, 0.1) is 17.2 Å². The van der Waals surface area contributed by atoms with Crippen LogP contribution < -0.4 is 5.32 Å². The maximum Gasteiger partial charge on any atom is 0.238 e. The normalized spacial score (nSPS) is 39.5. The van der Waals surface area contributed by atoms with Crippen LogP contribution in [-0.4, -0.2) is 45.6 Å². The van der Waals surface area contributed by atoms with Gasteiger partial charge in [-0.2, -0.15) is 5.26 Å². The molecule has 51 heavy (non-hydrogen) atoms. The molecule has 0 saturated heterocycles. The summed E-state index contributed by atoms with van der Waals surface area (Å²) in [7, 11) is 1.93. The smallest absolute Gasteiger partial charge is 0.238 e. The first-order valence-corrected chi connectivity index (χ1v) is 19.2. The molecule has 4 saturated carbocycles. The fraction of sp³-hybridized carbons (Fsp3) is 0.674. The summed E-state index contributed by atoms with van der Waals surface area (Å²) in [6.07, 6.45) is 16.2. The van der Waals surface area contributed by atoms with Crippen LogP contribution in [0.15, 0.2) is 42.6 Å². The van der Waals surface area contributed by atoms with Gasteiger partial charge < -0.3 is 5.32 Å². The van der Waals surface area contributed by atoms with Crippen LogP contribution in [-0.2, 0) is 16.0 Å². The number of ketones is 2. The molecule has 8 unspecified atom stereocenters. The van der Waals surface area contributed by atoms with Crippen LogP contribution in [0, 0.1) is 67.0 Å². The molecule has 2 heterocycles. The third-order valence-electron chi connectivity index (χ3n) is 15.6. The minimum atomic E-state index is -1.11. The van der Waals surface area contributed by atoms with Crippen LogP contribution in [0.2, 0.25) is 0 Å². The highest BCUT2D eigenvalue weighted by molar-refractivity contribution is 5.98. The SMILES string of the molecule is CNCCc1cncc(-c2cn(C(=O)C34CCC(C)(C)CC3C3C(=O)C=C5C6(C)CC(C)(C#N)C(=O)C(C)(C)C6CCC5(C)C3(C)CC4)cn2)c1. The van der Waals surface area contributed by atoms with Crippen molar-refractivity contribution in [1.29, 1.82) is 5.26 Å². The van der Waals surface area contributed by atoms with Crippen molar-refractivity contribution in [2.24, 2.45) is 55.7 Å². The number of nitrogens with zero attached hydrogens (tertiary/aromatic N) is 4. The first-order valence-electron chi connectivity index (χ1n) is 19.2. The molecular weight excluding hydrogens is 635 g/mol. The Balaban J connectivity index is 1.29. The van der Waals surface area contributed by atoms with Crippen molar-refractivity contribution in [3.63, 3.8) is 0 Å². The number of carbonyl (C=O) groups is 3. The zero-order valence-electron chi connectivity index (χ0n) is 32.3. The average Bonchev–Trinajstić information content (AvgIpc) is 3.57. The number of nitriles is 1. The standard InChI is InChI=1S/C43H57N5O3/c1-37(2)13-15-43(36(51)48-23-30(47-26-48)28-18-27(11-17-45-9)21-46-22-28)16-14-42(8)34(29(43)20-37)31(49)19-33-40(6)24-39(5,25-44)35(50)38(3,4)32(40)10-12-41(33,42)7/h18-19,21-23,26,29,32,34,45H,10-17,20,24H2,1-9H3. The summed E-state index contributed by atoms with van der Waals surface area (Å²) < 4.78 is 1.70. The monoisotopic (exact) mass is 691 g/mol. The lowest BCUT2D eigenvalue weighted by atomic mass is 9.33. The first kappa shape index (κ1) is 35.9. The molecule has 2 aromatic heterocycles. The van der Waals surface area contributed by atoms with E-state index in [0.717, 1.165) is 80.3 Å². The van der Waals surface area contributed by atoms with E-state index in [0.29, 0.717) is 6.42 Å². The molecule has 8 heteroatoms. The summed E-state index contributed by atoms with van der Waals surface area (Å²) in [6, 6.07) is 4.52. The molecule has 0 aliphatic heterocycles. The maximum atomic E-state index is 15.0. The van der Waals surface area contributed by atoms with Gasteiger partial charge in [-0.1, -0.05) is 54.0 Å². The molecule has 2 aromatic rings.